The molecule has 152 valence electrons. The first-order chi connectivity index (χ1) is 13.4. The fourth-order valence-electron chi connectivity index (χ4n) is 4.44. The Hall–Kier alpha value is -2.36. The molecular formula is C24H34N2O2. The summed E-state index contributed by atoms with van der Waals surface area (Å²) in [5.74, 6) is 0.694. The van der Waals surface area contributed by atoms with E-state index in [0.29, 0.717) is 23.6 Å². The van der Waals surface area contributed by atoms with Crippen LogP contribution in [0.2, 0.25) is 0 Å². The lowest BCUT2D eigenvalue weighted by molar-refractivity contribution is 0.467. The number of aromatic hydroxyl groups is 2. The van der Waals surface area contributed by atoms with Gasteiger partial charge in [-0.25, -0.2) is 0 Å². The highest BCUT2D eigenvalue weighted by atomic mass is 16.3. The van der Waals surface area contributed by atoms with E-state index in [4.69, 9.17) is 0 Å². The van der Waals surface area contributed by atoms with Gasteiger partial charge >= 0.3 is 0 Å². The number of phenolic OH excluding ortho intramolecular Hbond substituents is 2. The van der Waals surface area contributed by atoms with Crippen molar-refractivity contribution in [2.24, 2.45) is 0 Å². The van der Waals surface area contributed by atoms with Gasteiger partial charge in [-0.2, -0.15) is 0 Å². The zero-order chi connectivity index (χ0) is 20.3. The van der Waals surface area contributed by atoms with Gasteiger partial charge in [0.05, 0.1) is 0 Å². The van der Waals surface area contributed by atoms with E-state index in [9.17, 15) is 10.2 Å². The molecule has 0 aliphatic carbocycles. The van der Waals surface area contributed by atoms with Crippen molar-refractivity contribution in [3.05, 3.63) is 47.5 Å². The molecule has 4 heteroatoms. The Morgan fingerprint density at radius 3 is 1.50 bits per heavy atom. The van der Waals surface area contributed by atoms with Crippen molar-refractivity contribution < 1.29 is 10.2 Å². The maximum absolute atomic E-state index is 9.93. The van der Waals surface area contributed by atoms with E-state index in [1.165, 1.54) is 22.5 Å². The van der Waals surface area contributed by atoms with Crippen LogP contribution in [-0.2, 0) is 12.8 Å². The van der Waals surface area contributed by atoms with E-state index >= 15 is 0 Å². The minimum atomic E-state index is 0.347. The van der Waals surface area contributed by atoms with Crippen molar-refractivity contribution in [3.63, 3.8) is 0 Å². The van der Waals surface area contributed by atoms with Crippen LogP contribution in [-0.4, -0.2) is 35.4 Å². The van der Waals surface area contributed by atoms with E-state index in [1.807, 2.05) is 12.1 Å². The van der Waals surface area contributed by atoms with Crippen LogP contribution >= 0.6 is 0 Å². The first kappa shape index (κ1) is 20.4. The number of piperazine rings is 1. The van der Waals surface area contributed by atoms with Crippen LogP contribution in [0.4, 0.5) is 11.4 Å². The van der Waals surface area contributed by atoms with E-state index in [0.717, 1.165) is 38.8 Å². The lowest BCUT2D eigenvalue weighted by Crippen LogP contribution is -2.57. The minimum absolute atomic E-state index is 0.347. The highest BCUT2D eigenvalue weighted by molar-refractivity contribution is 5.62. The van der Waals surface area contributed by atoms with Gasteiger partial charge in [-0.3, -0.25) is 0 Å². The molecule has 2 atom stereocenters. The highest BCUT2D eigenvalue weighted by Gasteiger charge is 2.31. The molecule has 0 radical (unpaired) electrons. The Morgan fingerprint density at radius 2 is 1.14 bits per heavy atom. The largest absolute Gasteiger partial charge is 0.508 e. The molecule has 0 amide bonds. The summed E-state index contributed by atoms with van der Waals surface area (Å²) >= 11 is 0. The van der Waals surface area contributed by atoms with E-state index in [2.05, 4.69) is 49.6 Å². The molecule has 0 bridgehead atoms. The van der Waals surface area contributed by atoms with Gasteiger partial charge in [-0.15, -0.1) is 0 Å². The number of hydrogen-bond donors (Lipinski definition) is 2. The van der Waals surface area contributed by atoms with Gasteiger partial charge < -0.3 is 20.0 Å². The Balaban J connectivity index is 1.88. The summed E-state index contributed by atoms with van der Waals surface area (Å²) in [6.45, 7) is 10.8. The molecule has 2 aromatic carbocycles. The summed E-state index contributed by atoms with van der Waals surface area (Å²) in [6.07, 6.45) is 4.08. The van der Waals surface area contributed by atoms with Crippen molar-refractivity contribution in [2.75, 3.05) is 22.9 Å². The van der Waals surface area contributed by atoms with Gasteiger partial charge in [0.15, 0.2) is 0 Å². The van der Waals surface area contributed by atoms with Crippen LogP contribution in [0.25, 0.3) is 0 Å². The van der Waals surface area contributed by atoms with Gasteiger partial charge in [-0.05, 0) is 74.2 Å². The zero-order valence-electron chi connectivity index (χ0n) is 17.7. The highest BCUT2D eigenvalue weighted by Crippen LogP contribution is 2.34. The standard InChI is InChI=1S/C24H34N2O2/c1-5-7-19-13-21(27)9-11-23(19)25-15-18(4)26(16-17(25)3)24-12-10-22(28)14-20(24)8-6-2/h9-14,17-18,27-28H,5-8,15-16H2,1-4H3. The van der Waals surface area contributed by atoms with Crippen molar-refractivity contribution in [2.45, 2.75) is 65.5 Å². The van der Waals surface area contributed by atoms with E-state index < -0.39 is 0 Å². The van der Waals surface area contributed by atoms with Crippen LogP contribution in [0, 0.1) is 0 Å². The van der Waals surface area contributed by atoms with Crippen LogP contribution in [0.5, 0.6) is 11.5 Å². The number of rotatable bonds is 6. The topological polar surface area (TPSA) is 46.9 Å². The minimum Gasteiger partial charge on any atom is -0.508 e. The van der Waals surface area contributed by atoms with Crippen LogP contribution < -0.4 is 9.80 Å². The number of hydrogen-bond acceptors (Lipinski definition) is 4. The van der Waals surface area contributed by atoms with Crippen molar-refractivity contribution in [1.29, 1.82) is 0 Å². The molecule has 1 aliphatic rings. The van der Waals surface area contributed by atoms with Crippen molar-refractivity contribution >= 4 is 11.4 Å². The quantitative estimate of drug-likeness (QED) is 0.729. The van der Waals surface area contributed by atoms with Gasteiger partial charge in [-0.1, -0.05) is 26.7 Å². The molecule has 3 rings (SSSR count). The predicted octanol–water partition coefficient (Wildman–Crippen LogP) is 5.11. The van der Waals surface area contributed by atoms with Gasteiger partial charge in [0, 0.05) is 36.5 Å². The number of anilines is 2. The second-order valence-electron chi connectivity index (χ2n) is 8.13. The van der Waals surface area contributed by atoms with Crippen LogP contribution in [0.15, 0.2) is 36.4 Å². The van der Waals surface area contributed by atoms with E-state index in [1.54, 1.807) is 12.1 Å². The fraction of sp³-hybridized carbons (Fsp3) is 0.500. The Kier molecular flexibility index (Phi) is 6.38. The summed E-state index contributed by atoms with van der Waals surface area (Å²) in [5, 5.41) is 19.9. The molecule has 1 heterocycles. The molecule has 2 unspecified atom stereocenters. The molecular weight excluding hydrogens is 348 g/mol. The SMILES string of the molecule is CCCc1cc(O)ccc1N1CC(C)N(c2ccc(O)cc2CCC)CC1C. The maximum Gasteiger partial charge on any atom is 0.116 e. The molecule has 0 aromatic heterocycles. The molecule has 4 nitrogen and oxygen atoms in total. The third kappa shape index (κ3) is 4.21. The zero-order valence-corrected chi connectivity index (χ0v) is 17.7. The number of nitrogens with zero attached hydrogens (tertiary/aromatic N) is 2. The number of phenols is 2. The smallest absolute Gasteiger partial charge is 0.116 e. The van der Waals surface area contributed by atoms with Crippen LogP contribution in [0.1, 0.15) is 51.7 Å². The third-order valence-electron chi connectivity index (χ3n) is 5.77. The second-order valence-corrected chi connectivity index (χ2v) is 8.13. The van der Waals surface area contributed by atoms with Crippen LogP contribution in [0.3, 0.4) is 0 Å². The Labute approximate surface area is 169 Å². The lowest BCUT2D eigenvalue weighted by atomic mass is 9.99. The van der Waals surface area contributed by atoms with Gasteiger partial charge in [0.1, 0.15) is 11.5 Å². The van der Waals surface area contributed by atoms with E-state index in [-0.39, 0.29) is 0 Å². The molecule has 28 heavy (non-hydrogen) atoms. The number of benzene rings is 2. The molecule has 1 saturated heterocycles. The van der Waals surface area contributed by atoms with Crippen molar-refractivity contribution in [1.82, 2.24) is 0 Å². The first-order valence-electron chi connectivity index (χ1n) is 10.6. The molecule has 0 saturated carbocycles. The predicted molar refractivity (Wildman–Crippen MR) is 118 cm³/mol. The second kappa shape index (κ2) is 8.76. The molecule has 0 spiro atoms. The summed E-state index contributed by atoms with van der Waals surface area (Å²) in [6, 6.07) is 12.3. The van der Waals surface area contributed by atoms with Gasteiger partial charge in [0.2, 0.25) is 0 Å². The summed E-state index contributed by atoms with van der Waals surface area (Å²) < 4.78 is 0. The average molecular weight is 383 g/mol. The summed E-state index contributed by atoms with van der Waals surface area (Å²) in [5.41, 5.74) is 4.95. The molecule has 1 aliphatic heterocycles. The first-order valence-corrected chi connectivity index (χ1v) is 10.6. The third-order valence-corrected chi connectivity index (χ3v) is 5.77. The maximum atomic E-state index is 9.93. The summed E-state index contributed by atoms with van der Waals surface area (Å²) in [4.78, 5) is 4.98. The summed E-state index contributed by atoms with van der Waals surface area (Å²) in [7, 11) is 0. The van der Waals surface area contributed by atoms with Crippen molar-refractivity contribution in [3.8, 4) is 11.5 Å². The fourth-order valence-corrected chi connectivity index (χ4v) is 4.44. The molecule has 2 N–H and O–H groups in total. The number of aryl methyl sites for hydroxylation is 2. The molecule has 1 fully saturated rings. The Bertz CT molecular complexity index is 738. The lowest BCUT2D eigenvalue weighted by Gasteiger charge is -2.47. The Morgan fingerprint density at radius 1 is 0.750 bits per heavy atom. The van der Waals surface area contributed by atoms with Gasteiger partial charge in [0.25, 0.3) is 0 Å². The average Bonchev–Trinajstić information content (AvgIpc) is 2.65. The monoisotopic (exact) mass is 382 g/mol. The normalized spacial score (nSPS) is 19.9. The molecule has 2 aromatic rings.